The Kier molecular flexibility index (Phi) is 4.49. The molecule has 0 spiro atoms. The zero-order chi connectivity index (χ0) is 13.0. The Bertz CT molecular complexity index is 354. The zero-order valence-corrected chi connectivity index (χ0v) is 11.3. The van der Waals surface area contributed by atoms with E-state index in [1.54, 1.807) is 0 Å². The highest BCUT2D eigenvalue weighted by atomic mass is 15.2. The van der Waals surface area contributed by atoms with Crippen molar-refractivity contribution in [2.24, 2.45) is 5.73 Å². The highest BCUT2D eigenvalue weighted by Gasteiger charge is 2.19. The van der Waals surface area contributed by atoms with Crippen molar-refractivity contribution in [3.63, 3.8) is 0 Å². The molecule has 1 aromatic heterocycles. The Balaban J connectivity index is 1.91. The van der Waals surface area contributed by atoms with Crippen LogP contribution in [0.1, 0.15) is 31.4 Å². The zero-order valence-electron chi connectivity index (χ0n) is 11.3. The summed E-state index contributed by atoms with van der Waals surface area (Å²) in [6.45, 7) is 4.99. The van der Waals surface area contributed by atoms with E-state index < -0.39 is 0 Å². The van der Waals surface area contributed by atoms with Crippen molar-refractivity contribution >= 4 is 5.82 Å². The van der Waals surface area contributed by atoms with Crippen LogP contribution in [-0.2, 0) is 0 Å². The molecule has 100 valence electrons. The number of likely N-dealkylation sites (tertiary alicyclic amines) is 1. The molecule has 5 nitrogen and oxygen atoms in total. The predicted molar refractivity (Wildman–Crippen MR) is 73.6 cm³/mol. The molecule has 0 amide bonds. The molecule has 1 fully saturated rings. The summed E-state index contributed by atoms with van der Waals surface area (Å²) in [6, 6.07) is 4.22. The second kappa shape index (κ2) is 6.11. The maximum atomic E-state index is 5.68. The van der Waals surface area contributed by atoms with Crippen molar-refractivity contribution in [2.45, 2.75) is 31.7 Å². The van der Waals surface area contributed by atoms with Gasteiger partial charge in [-0.3, -0.25) is 0 Å². The number of rotatable bonds is 4. The van der Waals surface area contributed by atoms with Gasteiger partial charge in [-0.2, -0.15) is 5.10 Å². The number of hydrogen-bond donors (Lipinski definition) is 2. The minimum atomic E-state index is 0.125. The summed E-state index contributed by atoms with van der Waals surface area (Å²) in [5.41, 5.74) is 6.80. The number of nitrogens with two attached hydrogens (primary N) is 1. The molecule has 1 saturated heterocycles. The quantitative estimate of drug-likeness (QED) is 0.834. The number of anilines is 1. The highest BCUT2D eigenvalue weighted by Crippen LogP contribution is 2.25. The van der Waals surface area contributed by atoms with Gasteiger partial charge in [0, 0.05) is 18.5 Å². The lowest BCUT2D eigenvalue weighted by Gasteiger charge is -2.28. The SMILES string of the molecule is CC(N)CNc1ccc(C2CCN(C)CC2)nn1. The molecule has 0 aromatic carbocycles. The molecule has 0 radical (unpaired) electrons. The highest BCUT2D eigenvalue weighted by molar-refractivity contribution is 5.33. The molecule has 1 aromatic rings. The lowest BCUT2D eigenvalue weighted by molar-refractivity contribution is 0.253. The number of nitrogens with one attached hydrogen (secondary N) is 1. The van der Waals surface area contributed by atoms with Crippen LogP contribution in [0.2, 0.25) is 0 Å². The van der Waals surface area contributed by atoms with Gasteiger partial charge >= 0.3 is 0 Å². The monoisotopic (exact) mass is 249 g/mol. The maximum Gasteiger partial charge on any atom is 0.148 e. The summed E-state index contributed by atoms with van der Waals surface area (Å²) < 4.78 is 0. The Morgan fingerprint density at radius 1 is 1.39 bits per heavy atom. The molecule has 1 atom stereocenters. The van der Waals surface area contributed by atoms with Crippen molar-refractivity contribution in [3.05, 3.63) is 17.8 Å². The van der Waals surface area contributed by atoms with E-state index in [1.807, 2.05) is 13.0 Å². The summed E-state index contributed by atoms with van der Waals surface area (Å²) in [5, 5.41) is 11.7. The molecule has 3 N–H and O–H groups in total. The fourth-order valence-corrected chi connectivity index (χ4v) is 2.22. The summed E-state index contributed by atoms with van der Waals surface area (Å²) in [5.74, 6) is 1.38. The maximum absolute atomic E-state index is 5.68. The van der Waals surface area contributed by atoms with Gasteiger partial charge in [-0.1, -0.05) is 0 Å². The van der Waals surface area contributed by atoms with Crippen LogP contribution in [0.15, 0.2) is 12.1 Å². The van der Waals surface area contributed by atoms with Crippen molar-refractivity contribution in [1.82, 2.24) is 15.1 Å². The molecule has 2 rings (SSSR count). The van der Waals surface area contributed by atoms with Crippen LogP contribution in [0.25, 0.3) is 0 Å². The van der Waals surface area contributed by atoms with Gasteiger partial charge in [-0.15, -0.1) is 5.10 Å². The van der Waals surface area contributed by atoms with Crippen LogP contribution in [0.4, 0.5) is 5.82 Å². The fraction of sp³-hybridized carbons (Fsp3) is 0.692. The molecule has 5 heteroatoms. The van der Waals surface area contributed by atoms with E-state index in [0.29, 0.717) is 5.92 Å². The average molecular weight is 249 g/mol. The first kappa shape index (κ1) is 13.2. The van der Waals surface area contributed by atoms with Gasteiger partial charge < -0.3 is 16.0 Å². The molecular weight excluding hydrogens is 226 g/mol. The Labute approximate surface area is 109 Å². The summed E-state index contributed by atoms with van der Waals surface area (Å²) in [4.78, 5) is 2.36. The van der Waals surface area contributed by atoms with Crippen LogP contribution in [0.5, 0.6) is 0 Å². The number of aromatic nitrogens is 2. The molecule has 1 unspecified atom stereocenters. The van der Waals surface area contributed by atoms with Crippen molar-refractivity contribution in [3.8, 4) is 0 Å². The predicted octanol–water partition coefficient (Wildman–Crippen LogP) is 1.04. The third-order valence-corrected chi connectivity index (χ3v) is 3.43. The van der Waals surface area contributed by atoms with E-state index in [0.717, 1.165) is 31.1 Å². The van der Waals surface area contributed by atoms with Gasteiger partial charge in [0.2, 0.25) is 0 Å². The van der Waals surface area contributed by atoms with E-state index in [9.17, 15) is 0 Å². The first-order valence-electron chi connectivity index (χ1n) is 6.67. The standard InChI is InChI=1S/C13H23N5/c1-10(14)9-15-13-4-3-12(16-17-13)11-5-7-18(2)8-6-11/h3-4,10-11H,5-9,14H2,1-2H3,(H,15,17). The number of piperidine rings is 1. The average Bonchev–Trinajstić information content (AvgIpc) is 2.38. The van der Waals surface area contributed by atoms with E-state index in [2.05, 4.69) is 33.5 Å². The van der Waals surface area contributed by atoms with Gasteiger partial charge in [-0.05, 0) is 52.0 Å². The van der Waals surface area contributed by atoms with Crippen LogP contribution >= 0.6 is 0 Å². The molecule has 2 heterocycles. The fourth-order valence-electron chi connectivity index (χ4n) is 2.22. The molecule has 18 heavy (non-hydrogen) atoms. The lowest BCUT2D eigenvalue weighted by atomic mass is 9.94. The van der Waals surface area contributed by atoms with Crippen molar-refractivity contribution in [2.75, 3.05) is 32.0 Å². The lowest BCUT2D eigenvalue weighted by Crippen LogP contribution is -2.29. The van der Waals surface area contributed by atoms with Gasteiger partial charge in [0.25, 0.3) is 0 Å². The summed E-state index contributed by atoms with van der Waals surface area (Å²) >= 11 is 0. The molecule has 1 aliphatic heterocycles. The number of hydrogen-bond acceptors (Lipinski definition) is 5. The third-order valence-electron chi connectivity index (χ3n) is 3.43. The van der Waals surface area contributed by atoms with Crippen LogP contribution in [0.3, 0.4) is 0 Å². The van der Waals surface area contributed by atoms with E-state index in [-0.39, 0.29) is 6.04 Å². The first-order chi connectivity index (χ1) is 8.65. The normalized spacial score (nSPS) is 19.7. The van der Waals surface area contributed by atoms with E-state index >= 15 is 0 Å². The molecule has 1 aliphatic rings. The third kappa shape index (κ3) is 3.65. The minimum absolute atomic E-state index is 0.125. The van der Waals surface area contributed by atoms with Crippen LogP contribution < -0.4 is 11.1 Å². The summed E-state index contributed by atoms with van der Waals surface area (Å²) in [7, 11) is 2.17. The van der Waals surface area contributed by atoms with Crippen molar-refractivity contribution in [1.29, 1.82) is 0 Å². The van der Waals surface area contributed by atoms with Crippen LogP contribution in [0, 0.1) is 0 Å². The topological polar surface area (TPSA) is 67.1 Å². The second-order valence-electron chi connectivity index (χ2n) is 5.28. The Morgan fingerprint density at radius 3 is 2.67 bits per heavy atom. The van der Waals surface area contributed by atoms with Gasteiger partial charge in [0.1, 0.15) is 5.82 Å². The minimum Gasteiger partial charge on any atom is -0.367 e. The van der Waals surface area contributed by atoms with E-state index in [4.69, 9.17) is 5.73 Å². The molecule has 0 saturated carbocycles. The molecule has 0 bridgehead atoms. The van der Waals surface area contributed by atoms with Crippen LogP contribution in [-0.4, -0.2) is 47.8 Å². The Hall–Kier alpha value is -1.20. The van der Waals surface area contributed by atoms with Gasteiger partial charge in [0.15, 0.2) is 0 Å². The Morgan fingerprint density at radius 2 is 2.11 bits per heavy atom. The van der Waals surface area contributed by atoms with Gasteiger partial charge in [-0.25, -0.2) is 0 Å². The molecular formula is C13H23N5. The smallest absolute Gasteiger partial charge is 0.148 e. The van der Waals surface area contributed by atoms with Crippen molar-refractivity contribution < 1.29 is 0 Å². The van der Waals surface area contributed by atoms with E-state index in [1.165, 1.54) is 12.8 Å². The first-order valence-corrected chi connectivity index (χ1v) is 6.67. The largest absolute Gasteiger partial charge is 0.367 e. The number of nitrogens with zero attached hydrogens (tertiary/aromatic N) is 3. The molecule has 0 aliphatic carbocycles. The second-order valence-corrected chi connectivity index (χ2v) is 5.28. The van der Waals surface area contributed by atoms with Gasteiger partial charge in [0.05, 0.1) is 5.69 Å². The summed E-state index contributed by atoms with van der Waals surface area (Å²) in [6.07, 6.45) is 2.36.